The van der Waals surface area contributed by atoms with E-state index in [9.17, 15) is 8.42 Å². The normalized spacial score (nSPS) is 10.6. The molecule has 1 aromatic carbocycles. The van der Waals surface area contributed by atoms with Crippen molar-refractivity contribution < 1.29 is 8.42 Å². The minimum absolute atomic E-state index is 0. The third kappa shape index (κ3) is 3.97. The van der Waals surface area contributed by atoms with Crippen molar-refractivity contribution >= 4 is 51.2 Å². The molecule has 1 rings (SSSR count). The van der Waals surface area contributed by atoms with Gasteiger partial charge in [-0.25, -0.2) is 13.6 Å². The van der Waals surface area contributed by atoms with Crippen molar-refractivity contribution in [2.45, 2.75) is 10.8 Å². The Bertz CT molecular complexity index is 363. The van der Waals surface area contributed by atoms with Gasteiger partial charge in [-0.3, -0.25) is 0 Å². The molecule has 13 heavy (non-hydrogen) atoms. The molecule has 67 valence electrons. The Morgan fingerprint density at radius 2 is 1.69 bits per heavy atom. The predicted molar refractivity (Wildman–Crippen MR) is 53.1 cm³/mol. The monoisotopic (exact) mass is 228 g/mol. The first kappa shape index (κ1) is 13.4. The summed E-state index contributed by atoms with van der Waals surface area (Å²) in [6.07, 6.45) is 0. The SMILES string of the molecule is NS(=O)(=O)c1ccc(CCl)cc1.[Na]. The van der Waals surface area contributed by atoms with Gasteiger partial charge < -0.3 is 0 Å². The van der Waals surface area contributed by atoms with Crippen LogP contribution in [0.5, 0.6) is 0 Å². The van der Waals surface area contributed by atoms with E-state index in [4.69, 9.17) is 16.7 Å². The summed E-state index contributed by atoms with van der Waals surface area (Å²) in [6, 6.07) is 6.14. The molecule has 0 bridgehead atoms. The first-order chi connectivity index (χ1) is 5.54. The second kappa shape index (κ2) is 5.34. The number of alkyl halides is 1. The molecule has 0 aliphatic carbocycles. The molecule has 3 nitrogen and oxygen atoms in total. The van der Waals surface area contributed by atoms with Gasteiger partial charge in [0.15, 0.2) is 0 Å². The number of primary sulfonamides is 1. The van der Waals surface area contributed by atoms with Crippen molar-refractivity contribution in [1.29, 1.82) is 0 Å². The molecule has 6 heteroatoms. The first-order valence-electron chi connectivity index (χ1n) is 3.22. The van der Waals surface area contributed by atoms with Gasteiger partial charge in [0.25, 0.3) is 0 Å². The Kier molecular flexibility index (Phi) is 5.51. The van der Waals surface area contributed by atoms with Crippen LogP contribution in [0.15, 0.2) is 29.2 Å². The van der Waals surface area contributed by atoms with E-state index in [1.165, 1.54) is 12.1 Å². The average Bonchev–Trinajstić information content (AvgIpc) is 2.03. The zero-order valence-corrected chi connectivity index (χ0v) is 10.8. The van der Waals surface area contributed by atoms with Crippen LogP contribution in [-0.4, -0.2) is 38.0 Å². The van der Waals surface area contributed by atoms with Crippen molar-refractivity contribution in [3.8, 4) is 0 Å². The summed E-state index contributed by atoms with van der Waals surface area (Å²) in [5.41, 5.74) is 0.865. The number of sulfonamides is 1. The topological polar surface area (TPSA) is 60.2 Å². The van der Waals surface area contributed by atoms with Gasteiger partial charge in [-0.1, -0.05) is 12.1 Å². The first-order valence-corrected chi connectivity index (χ1v) is 5.30. The third-order valence-electron chi connectivity index (χ3n) is 1.41. The summed E-state index contributed by atoms with van der Waals surface area (Å²) < 4.78 is 21.6. The van der Waals surface area contributed by atoms with Crippen molar-refractivity contribution in [3.05, 3.63) is 29.8 Å². The maximum Gasteiger partial charge on any atom is 0.238 e. The molecule has 1 radical (unpaired) electrons. The van der Waals surface area contributed by atoms with Crippen LogP contribution in [0.2, 0.25) is 0 Å². The molecule has 2 N–H and O–H groups in total. The number of halogens is 1. The standard InChI is InChI=1S/C7H8ClNO2S.Na/c8-5-6-1-3-7(4-2-6)12(9,10)11;/h1-4H,5H2,(H2,9,10,11);. The smallest absolute Gasteiger partial charge is 0.225 e. The van der Waals surface area contributed by atoms with Gasteiger partial charge in [0.2, 0.25) is 10.0 Å². The van der Waals surface area contributed by atoms with Gasteiger partial charge in [0, 0.05) is 35.4 Å². The van der Waals surface area contributed by atoms with E-state index in [2.05, 4.69) is 0 Å². The van der Waals surface area contributed by atoms with Crippen LogP contribution in [0.1, 0.15) is 5.56 Å². The summed E-state index contributed by atoms with van der Waals surface area (Å²) >= 11 is 5.51. The number of nitrogens with two attached hydrogens (primary N) is 1. The van der Waals surface area contributed by atoms with Crippen molar-refractivity contribution in [2.75, 3.05) is 0 Å². The van der Waals surface area contributed by atoms with Gasteiger partial charge in [0.05, 0.1) is 4.90 Å². The maximum absolute atomic E-state index is 10.8. The van der Waals surface area contributed by atoms with E-state index < -0.39 is 10.0 Å². The molecule has 0 saturated heterocycles. The molecule has 0 unspecified atom stereocenters. The van der Waals surface area contributed by atoms with Gasteiger partial charge in [-0.15, -0.1) is 11.6 Å². The molecule has 0 atom stereocenters. The zero-order valence-electron chi connectivity index (χ0n) is 7.20. The number of benzene rings is 1. The quantitative estimate of drug-likeness (QED) is 0.598. The van der Waals surface area contributed by atoms with Crippen LogP contribution in [-0.2, 0) is 15.9 Å². The minimum Gasteiger partial charge on any atom is -0.225 e. The Morgan fingerprint density at radius 3 is 2.00 bits per heavy atom. The molecule has 0 aromatic heterocycles. The Morgan fingerprint density at radius 1 is 1.23 bits per heavy atom. The molecule has 0 amide bonds. The molecule has 0 aliphatic rings. The Labute approximate surface area is 105 Å². The molecule has 1 aromatic rings. The second-order valence-electron chi connectivity index (χ2n) is 2.32. The van der Waals surface area contributed by atoms with E-state index in [1.54, 1.807) is 12.1 Å². The van der Waals surface area contributed by atoms with Crippen LogP contribution in [0.4, 0.5) is 0 Å². The minimum atomic E-state index is -3.57. The largest absolute Gasteiger partial charge is 0.238 e. The average molecular weight is 229 g/mol. The molecule has 0 fully saturated rings. The molecular weight excluding hydrogens is 221 g/mol. The fraction of sp³-hybridized carbons (Fsp3) is 0.143. The molecular formula is C7H8ClNNaO2S. The van der Waals surface area contributed by atoms with E-state index in [-0.39, 0.29) is 34.5 Å². The van der Waals surface area contributed by atoms with Gasteiger partial charge in [0.1, 0.15) is 0 Å². The fourth-order valence-electron chi connectivity index (χ4n) is 0.768. The maximum atomic E-state index is 10.8. The van der Waals surface area contributed by atoms with Crippen LogP contribution < -0.4 is 5.14 Å². The van der Waals surface area contributed by atoms with E-state index in [0.717, 1.165) is 5.56 Å². The van der Waals surface area contributed by atoms with Gasteiger partial charge in [-0.2, -0.15) is 0 Å². The second-order valence-corrected chi connectivity index (χ2v) is 4.15. The number of hydrogen-bond acceptors (Lipinski definition) is 2. The number of hydrogen-bond donors (Lipinski definition) is 1. The fourth-order valence-corrected chi connectivity index (χ4v) is 1.46. The van der Waals surface area contributed by atoms with E-state index in [0.29, 0.717) is 5.88 Å². The van der Waals surface area contributed by atoms with Crippen LogP contribution in [0, 0.1) is 0 Å². The van der Waals surface area contributed by atoms with Crippen LogP contribution in [0.3, 0.4) is 0 Å². The molecule has 0 heterocycles. The third-order valence-corrected chi connectivity index (χ3v) is 2.64. The van der Waals surface area contributed by atoms with E-state index in [1.807, 2.05) is 0 Å². The van der Waals surface area contributed by atoms with Crippen LogP contribution in [0.25, 0.3) is 0 Å². The van der Waals surface area contributed by atoms with E-state index >= 15 is 0 Å². The van der Waals surface area contributed by atoms with Crippen molar-refractivity contribution in [1.82, 2.24) is 0 Å². The Hall–Kier alpha value is 0.420. The zero-order chi connectivity index (χ0) is 9.19. The van der Waals surface area contributed by atoms with Crippen molar-refractivity contribution in [2.24, 2.45) is 5.14 Å². The summed E-state index contributed by atoms with van der Waals surface area (Å²) in [5, 5.41) is 4.89. The van der Waals surface area contributed by atoms with Crippen molar-refractivity contribution in [3.63, 3.8) is 0 Å². The molecule has 0 spiro atoms. The summed E-state index contributed by atoms with van der Waals surface area (Å²) in [7, 11) is -3.57. The van der Waals surface area contributed by atoms with Crippen LogP contribution >= 0.6 is 11.6 Å². The van der Waals surface area contributed by atoms with Gasteiger partial charge >= 0.3 is 0 Å². The molecule has 0 saturated carbocycles. The predicted octanol–water partition coefficient (Wildman–Crippen LogP) is 0.692. The number of rotatable bonds is 2. The summed E-state index contributed by atoms with van der Waals surface area (Å²) in [4.78, 5) is 0.108. The Balaban J connectivity index is 0.00000144. The van der Waals surface area contributed by atoms with Gasteiger partial charge in [-0.05, 0) is 17.7 Å². The summed E-state index contributed by atoms with van der Waals surface area (Å²) in [6.45, 7) is 0. The summed E-state index contributed by atoms with van der Waals surface area (Å²) in [5.74, 6) is 0.366. The molecule has 0 aliphatic heterocycles.